The van der Waals surface area contributed by atoms with E-state index in [1.807, 2.05) is 0 Å². The predicted octanol–water partition coefficient (Wildman–Crippen LogP) is 1.20. The van der Waals surface area contributed by atoms with Gasteiger partial charge in [0.15, 0.2) is 11.6 Å². The second-order valence-electron chi connectivity index (χ2n) is 4.21. The maximum absolute atomic E-state index is 13.7. The molecule has 19 heavy (non-hydrogen) atoms. The number of benzene rings is 1. The highest BCUT2D eigenvalue weighted by Gasteiger charge is 2.25. The summed E-state index contributed by atoms with van der Waals surface area (Å²) in [5, 5.41) is 0. The number of sulfonamides is 1. The number of nitrogens with two attached hydrogens (primary N) is 1. The molecule has 2 rings (SSSR count). The number of halogens is 1. The molecule has 1 unspecified atom stereocenters. The van der Waals surface area contributed by atoms with Crippen molar-refractivity contribution in [3.8, 4) is 5.75 Å². The van der Waals surface area contributed by atoms with Gasteiger partial charge < -0.3 is 10.5 Å². The number of nitrogens with one attached hydrogen (secondary N) is 1. The first-order valence-electron chi connectivity index (χ1n) is 5.67. The van der Waals surface area contributed by atoms with Crippen LogP contribution >= 0.6 is 11.8 Å². The van der Waals surface area contributed by atoms with E-state index in [-0.39, 0.29) is 22.4 Å². The van der Waals surface area contributed by atoms with Crippen molar-refractivity contribution in [3.05, 3.63) is 17.9 Å². The van der Waals surface area contributed by atoms with Crippen molar-refractivity contribution in [1.82, 2.24) is 4.72 Å². The van der Waals surface area contributed by atoms with E-state index in [4.69, 9.17) is 10.5 Å². The van der Waals surface area contributed by atoms with Gasteiger partial charge in [-0.3, -0.25) is 0 Å². The summed E-state index contributed by atoms with van der Waals surface area (Å²) >= 11 is 1.68. The van der Waals surface area contributed by atoms with E-state index < -0.39 is 15.8 Å². The predicted molar refractivity (Wildman–Crippen MR) is 73.4 cm³/mol. The van der Waals surface area contributed by atoms with Gasteiger partial charge in [0.05, 0.1) is 17.7 Å². The van der Waals surface area contributed by atoms with Crippen LogP contribution in [0.3, 0.4) is 0 Å². The number of hydrogen-bond acceptors (Lipinski definition) is 5. The van der Waals surface area contributed by atoms with Gasteiger partial charge in [-0.25, -0.2) is 17.5 Å². The summed E-state index contributed by atoms with van der Waals surface area (Å²) in [6, 6.07) is 2.01. The SMILES string of the molecule is COc1c(N)cc(S(=O)(=O)NC2CCSC2)cc1F. The van der Waals surface area contributed by atoms with Crippen LogP contribution in [-0.4, -0.2) is 33.1 Å². The first kappa shape index (κ1) is 14.4. The van der Waals surface area contributed by atoms with Crippen LogP contribution in [0.4, 0.5) is 10.1 Å². The van der Waals surface area contributed by atoms with Gasteiger partial charge in [0.1, 0.15) is 0 Å². The Hall–Kier alpha value is -0.990. The van der Waals surface area contributed by atoms with Gasteiger partial charge in [-0.05, 0) is 24.3 Å². The molecule has 1 saturated heterocycles. The molecule has 3 N–H and O–H groups in total. The number of ether oxygens (including phenoxy) is 1. The molecule has 0 bridgehead atoms. The zero-order valence-corrected chi connectivity index (χ0v) is 12.0. The monoisotopic (exact) mass is 306 g/mol. The van der Waals surface area contributed by atoms with Gasteiger partial charge in [-0.2, -0.15) is 11.8 Å². The van der Waals surface area contributed by atoms with Crippen molar-refractivity contribution < 1.29 is 17.5 Å². The molecular formula is C11H15FN2O3S2. The van der Waals surface area contributed by atoms with Crippen LogP contribution in [0.1, 0.15) is 6.42 Å². The smallest absolute Gasteiger partial charge is 0.241 e. The number of methoxy groups -OCH3 is 1. The largest absolute Gasteiger partial charge is 0.492 e. The van der Waals surface area contributed by atoms with Crippen LogP contribution in [-0.2, 0) is 10.0 Å². The van der Waals surface area contributed by atoms with Crippen LogP contribution in [0.25, 0.3) is 0 Å². The van der Waals surface area contributed by atoms with Crippen LogP contribution < -0.4 is 15.2 Å². The van der Waals surface area contributed by atoms with Crippen molar-refractivity contribution in [2.24, 2.45) is 0 Å². The zero-order valence-electron chi connectivity index (χ0n) is 10.3. The molecule has 1 heterocycles. The Labute approximate surface area is 115 Å². The van der Waals surface area contributed by atoms with Gasteiger partial charge in [-0.1, -0.05) is 0 Å². The van der Waals surface area contributed by atoms with Gasteiger partial charge in [0.25, 0.3) is 0 Å². The van der Waals surface area contributed by atoms with E-state index in [2.05, 4.69) is 4.72 Å². The average Bonchev–Trinajstić information content (AvgIpc) is 2.80. The maximum atomic E-state index is 13.7. The molecule has 106 valence electrons. The zero-order chi connectivity index (χ0) is 14.0. The van der Waals surface area contributed by atoms with Crippen molar-refractivity contribution in [2.75, 3.05) is 24.3 Å². The second-order valence-corrected chi connectivity index (χ2v) is 7.07. The number of rotatable bonds is 4. The number of thioether (sulfide) groups is 1. The molecular weight excluding hydrogens is 291 g/mol. The van der Waals surface area contributed by atoms with Crippen molar-refractivity contribution in [3.63, 3.8) is 0 Å². The molecule has 0 amide bonds. The number of anilines is 1. The normalized spacial score (nSPS) is 19.6. The Kier molecular flexibility index (Phi) is 4.22. The lowest BCUT2D eigenvalue weighted by molar-refractivity contribution is 0.388. The van der Waals surface area contributed by atoms with Crippen LogP contribution in [0, 0.1) is 5.82 Å². The van der Waals surface area contributed by atoms with Crippen molar-refractivity contribution >= 4 is 27.5 Å². The molecule has 1 fully saturated rings. The minimum absolute atomic E-state index is 0.0383. The molecule has 0 aromatic heterocycles. The van der Waals surface area contributed by atoms with Gasteiger partial charge in [0.2, 0.25) is 10.0 Å². The Morgan fingerprint density at radius 2 is 2.26 bits per heavy atom. The third-order valence-electron chi connectivity index (χ3n) is 2.81. The lowest BCUT2D eigenvalue weighted by atomic mass is 10.3. The summed E-state index contributed by atoms with van der Waals surface area (Å²) in [6.45, 7) is 0. The Morgan fingerprint density at radius 3 is 2.79 bits per heavy atom. The van der Waals surface area contributed by atoms with E-state index in [0.717, 1.165) is 24.0 Å². The third kappa shape index (κ3) is 3.13. The van der Waals surface area contributed by atoms with Gasteiger partial charge in [-0.15, -0.1) is 0 Å². The lowest BCUT2D eigenvalue weighted by Gasteiger charge is -2.13. The fourth-order valence-electron chi connectivity index (χ4n) is 1.87. The third-order valence-corrected chi connectivity index (χ3v) is 5.47. The molecule has 0 radical (unpaired) electrons. The van der Waals surface area contributed by atoms with E-state index in [1.54, 1.807) is 11.8 Å². The Balaban J connectivity index is 2.29. The van der Waals surface area contributed by atoms with Crippen molar-refractivity contribution in [1.29, 1.82) is 0 Å². The van der Waals surface area contributed by atoms with Crippen LogP contribution in [0.2, 0.25) is 0 Å². The number of nitrogen functional groups attached to an aromatic ring is 1. The summed E-state index contributed by atoms with van der Waals surface area (Å²) in [6.07, 6.45) is 0.776. The standard InChI is InChI=1S/C11H15FN2O3S2/c1-17-11-9(12)4-8(5-10(11)13)19(15,16)14-7-2-3-18-6-7/h4-5,7,14H,2-3,6,13H2,1H3. The quantitative estimate of drug-likeness (QED) is 0.817. The first-order chi connectivity index (χ1) is 8.94. The maximum Gasteiger partial charge on any atom is 0.241 e. The molecule has 1 aliphatic heterocycles. The first-order valence-corrected chi connectivity index (χ1v) is 8.31. The minimum Gasteiger partial charge on any atom is -0.492 e. The Bertz CT molecular complexity index is 548. The molecule has 0 saturated carbocycles. The van der Waals surface area contributed by atoms with Gasteiger partial charge >= 0.3 is 0 Å². The number of hydrogen-bond donors (Lipinski definition) is 2. The van der Waals surface area contributed by atoms with E-state index in [1.165, 1.54) is 13.2 Å². The molecule has 1 aromatic carbocycles. The van der Waals surface area contributed by atoms with E-state index in [0.29, 0.717) is 0 Å². The Morgan fingerprint density at radius 1 is 1.53 bits per heavy atom. The fourth-order valence-corrected chi connectivity index (χ4v) is 4.45. The summed E-state index contributed by atoms with van der Waals surface area (Å²) in [5.41, 5.74) is 5.54. The fraction of sp³-hybridized carbons (Fsp3) is 0.455. The second kappa shape index (κ2) is 5.56. The highest BCUT2D eigenvalue weighted by Crippen LogP contribution is 2.29. The lowest BCUT2D eigenvalue weighted by Crippen LogP contribution is -2.34. The molecule has 0 aliphatic carbocycles. The van der Waals surface area contributed by atoms with Gasteiger partial charge in [0, 0.05) is 11.8 Å². The summed E-state index contributed by atoms with van der Waals surface area (Å²) in [7, 11) is -2.48. The average molecular weight is 306 g/mol. The highest BCUT2D eigenvalue weighted by atomic mass is 32.2. The molecule has 5 nitrogen and oxygen atoms in total. The van der Waals surface area contributed by atoms with Crippen molar-refractivity contribution in [2.45, 2.75) is 17.4 Å². The van der Waals surface area contributed by atoms with Crippen LogP contribution in [0.5, 0.6) is 5.75 Å². The summed E-state index contributed by atoms with van der Waals surface area (Å²) in [4.78, 5) is -0.180. The topological polar surface area (TPSA) is 81.4 Å². The van der Waals surface area contributed by atoms with E-state index in [9.17, 15) is 12.8 Å². The molecule has 8 heteroatoms. The van der Waals surface area contributed by atoms with Crippen LogP contribution in [0.15, 0.2) is 17.0 Å². The minimum atomic E-state index is -3.75. The highest BCUT2D eigenvalue weighted by molar-refractivity contribution is 7.99. The molecule has 1 aliphatic rings. The molecule has 1 aromatic rings. The summed E-state index contributed by atoms with van der Waals surface area (Å²) < 4.78 is 45.2. The van der Waals surface area contributed by atoms with E-state index >= 15 is 0 Å². The summed E-state index contributed by atoms with van der Waals surface area (Å²) in [5.74, 6) is 0.721. The molecule has 1 atom stereocenters. The molecule has 0 spiro atoms.